The van der Waals surface area contributed by atoms with E-state index in [2.05, 4.69) is 11.9 Å². The van der Waals surface area contributed by atoms with Crippen molar-refractivity contribution in [3.63, 3.8) is 0 Å². The summed E-state index contributed by atoms with van der Waals surface area (Å²) in [6, 6.07) is -0.277. The van der Waals surface area contributed by atoms with Crippen molar-refractivity contribution < 1.29 is 19.4 Å². The second-order valence-corrected chi connectivity index (χ2v) is 4.98. The van der Waals surface area contributed by atoms with E-state index in [4.69, 9.17) is 9.84 Å². The van der Waals surface area contributed by atoms with E-state index in [1.165, 1.54) is 6.92 Å². The van der Waals surface area contributed by atoms with Crippen molar-refractivity contribution in [2.24, 2.45) is 5.92 Å². The molecule has 2 N–H and O–H groups in total. The molecule has 1 amide bonds. The SMILES string of the molecule is C=C[C@@H]1CC(C(=O)O)=C[C@@H](OC(C)C)[C@@H]1NC(C)=O. The molecule has 0 radical (unpaired) electrons. The Hall–Kier alpha value is -1.62. The number of ether oxygens (including phenoxy) is 1. The second-order valence-electron chi connectivity index (χ2n) is 4.98. The molecule has 3 atom stereocenters. The van der Waals surface area contributed by atoms with E-state index < -0.39 is 12.1 Å². The highest BCUT2D eigenvalue weighted by atomic mass is 16.5. The zero-order valence-corrected chi connectivity index (χ0v) is 11.6. The number of carbonyl (C=O) groups is 2. The Morgan fingerprint density at radius 1 is 1.58 bits per heavy atom. The number of hydrogen-bond acceptors (Lipinski definition) is 3. The van der Waals surface area contributed by atoms with Gasteiger partial charge < -0.3 is 15.2 Å². The lowest BCUT2D eigenvalue weighted by atomic mass is 9.82. The van der Waals surface area contributed by atoms with Crippen LogP contribution in [0, 0.1) is 5.92 Å². The molecule has 0 aromatic rings. The lowest BCUT2D eigenvalue weighted by Gasteiger charge is -2.36. The van der Waals surface area contributed by atoms with Gasteiger partial charge >= 0.3 is 5.97 Å². The predicted octanol–water partition coefficient (Wildman–Crippen LogP) is 1.50. The van der Waals surface area contributed by atoms with Crippen LogP contribution in [0.1, 0.15) is 27.2 Å². The highest BCUT2D eigenvalue weighted by Gasteiger charge is 2.35. The number of nitrogens with one attached hydrogen (secondary N) is 1. The lowest BCUT2D eigenvalue weighted by molar-refractivity contribution is -0.133. The second kappa shape index (κ2) is 6.52. The van der Waals surface area contributed by atoms with E-state index >= 15 is 0 Å². The number of carbonyl (C=O) groups excluding carboxylic acids is 1. The fourth-order valence-corrected chi connectivity index (χ4v) is 2.25. The average molecular weight is 267 g/mol. The van der Waals surface area contributed by atoms with E-state index in [9.17, 15) is 9.59 Å². The van der Waals surface area contributed by atoms with E-state index in [1.54, 1.807) is 12.2 Å². The van der Waals surface area contributed by atoms with Gasteiger partial charge in [-0.15, -0.1) is 6.58 Å². The first-order valence-electron chi connectivity index (χ1n) is 6.34. The molecule has 5 heteroatoms. The molecule has 0 spiro atoms. The number of hydrogen-bond donors (Lipinski definition) is 2. The molecule has 0 saturated heterocycles. The van der Waals surface area contributed by atoms with E-state index in [1.807, 2.05) is 13.8 Å². The molecule has 5 nitrogen and oxygen atoms in total. The third kappa shape index (κ3) is 4.21. The van der Waals surface area contributed by atoms with Crippen molar-refractivity contribution in [3.05, 3.63) is 24.3 Å². The van der Waals surface area contributed by atoms with Gasteiger partial charge in [-0.25, -0.2) is 4.79 Å². The van der Waals surface area contributed by atoms with Crippen molar-refractivity contribution in [2.45, 2.75) is 45.4 Å². The van der Waals surface area contributed by atoms with Gasteiger partial charge in [0.1, 0.15) is 0 Å². The van der Waals surface area contributed by atoms with E-state index in [-0.39, 0.29) is 24.0 Å². The van der Waals surface area contributed by atoms with Crippen molar-refractivity contribution in [2.75, 3.05) is 0 Å². The van der Waals surface area contributed by atoms with Crippen LogP contribution >= 0.6 is 0 Å². The largest absolute Gasteiger partial charge is 0.478 e. The number of carboxylic acid groups (broad SMARTS) is 1. The fraction of sp³-hybridized carbons (Fsp3) is 0.571. The molecule has 0 unspecified atom stereocenters. The molecule has 0 bridgehead atoms. The van der Waals surface area contributed by atoms with Crippen LogP contribution in [-0.2, 0) is 14.3 Å². The van der Waals surface area contributed by atoms with Crippen molar-refractivity contribution in [1.82, 2.24) is 5.32 Å². The van der Waals surface area contributed by atoms with Crippen molar-refractivity contribution >= 4 is 11.9 Å². The quantitative estimate of drug-likeness (QED) is 0.740. The van der Waals surface area contributed by atoms with Crippen LogP contribution in [0.15, 0.2) is 24.3 Å². The van der Waals surface area contributed by atoms with Gasteiger partial charge in [0, 0.05) is 18.4 Å². The normalized spacial score (nSPS) is 26.7. The summed E-state index contributed by atoms with van der Waals surface area (Å²) in [7, 11) is 0. The summed E-state index contributed by atoms with van der Waals surface area (Å²) in [6.45, 7) is 8.90. The summed E-state index contributed by atoms with van der Waals surface area (Å²) in [5.74, 6) is -1.27. The van der Waals surface area contributed by atoms with E-state index in [0.29, 0.717) is 12.0 Å². The Kier molecular flexibility index (Phi) is 5.30. The van der Waals surface area contributed by atoms with Gasteiger partial charge in [0.2, 0.25) is 5.91 Å². The fourth-order valence-electron chi connectivity index (χ4n) is 2.25. The Morgan fingerprint density at radius 2 is 2.21 bits per heavy atom. The zero-order valence-electron chi connectivity index (χ0n) is 11.6. The molecule has 0 aromatic carbocycles. The molecular weight excluding hydrogens is 246 g/mol. The highest BCUT2D eigenvalue weighted by Crippen LogP contribution is 2.28. The summed E-state index contributed by atoms with van der Waals surface area (Å²) in [4.78, 5) is 22.4. The van der Waals surface area contributed by atoms with Crippen LogP contribution in [-0.4, -0.2) is 35.2 Å². The van der Waals surface area contributed by atoms with Crippen LogP contribution in [0.25, 0.3) is 0 Å². The Labute approximate surface area is 113 Å². The molecule has 0 heterocycles. The Balaban J connectivity index is 3.04. The third-order valence-corrected chi connectivity index (χ3v) is 3.01. The molecular formula is C14H21NO4. The molecule has 1 aliphatic carbocycles. The van der Waals surface area contributed by atoms with Crippen molar-refractivity contribution in [1.29, 1.82) is 0 Å². The van der Waals surface area contributed by atoms with E-state index in [0.717, 1.165) is 0 Å². The van der Waals surface area contributed by atoms with Crippen LogP contribution in [0.2, 0.25) is 0 Å². The number of amides is 1. The van der Waals surface area contributed by atoms with Gasteiger partial charge in [0.05, 0.1) is 18.2 Å². The Bertz CT molecular complexity index is 400. The topological polar surface area (TPSA) is 75.6 Å². The van der Waals surface area contributed by atoms with Crippen LogP contribution in [0.4, 0.5) is 0 Å². The molecule has 0 aliphatic heterocycles. The minimum atomic E-state index is -0.953. The van der Waals surface area contributed by atoms with Gasteiger partial charge in [0.15, 0.2) is 0 Å². The highest BCUT2D eigenvalue weighted by molar-refractivity contribution is 5.87. The number of carboxylic acids is 1. The first-order chi connectivity index (χ1) is 8.85. The lowest BCUT2D eigenvalue weighted by Crippen LogP contribution is -2.50. The molecule has 0 saturated carbocycles. The summed E-state index contributed by atoms with van der Waals surface area (Å²) in [6.07, 6.45) is 3.10. The minimum absolute atomic E-state index is 0.0591. The average Bonchev–Trinajstić information content (AvgIpc) is 2.29. The first kappa shape index (κ1) is 15.4. The summed E-state index contributed by atoms with van der Waals surface area (Å²) >= 11 is 0. The van der Waals surface area contributed by atoms with Gasteiger partial charge in [-0.2, -0.15) is 0 Å². The Morgan fingerprint density at radius 3 is 2.63 bits per heavy atom. The predicted molar refractivity (Wildman–Crippen MR) is 71.6 cm³/mol. The van der Waals surface area contributed by atoms with Gasteiger partial charge in [-0.05, 0) is 26.3 Å². The third-order valence-electron chi connectivity index (χ3n) is 3.01. The van der Waals surface area contributed by atoms with Crippen LogP contribution < -0.4 is 5.32 Å². The maximum absolute atomic E-state index is 11.3. The number of rotatable bonds is 5. The smallest absolute Gasteiger partial charge is 0.331 e. The minimum Gasteiger partial charge on any atom is -0.478 e. The maximum atomic E-state index is 11.3. The standard InChI is InChI=1S/C14H21NO4/c1-5-10-6-11(14(17)18)7-12(19-8(2)3)13(10)15-9(4)16/h5,7-8,10,12-13H,1,6H2,2-4H3,(H,15,16)(H,17,18)/t10-,12-,13-/m1/s1. The van der Waals surface area contributed by atoms with Crippen molar-refractivity contribution in [3.8, 4) is 0 Å². The van der Waals surface area contributed by atoms with Gasteiger partial charge in [-0.3, -0.25) is 4.79 Å². The monoisotopic (exact) mass is 267 g/mol. The van der Waals surface area contributed by atoms with Crippen LogP contribution in [0.3, 0.4) is 0 Å². The molecule has 1 aliphatic rings. The molecule has 1 rings (SSSR count). The number of aliphatic carboxylic acids is 1. The molecule has 0 fully saturated rings. The molecule has 0 aromatic heterocycles. The molecule has 106 valence electrons. The zero-order chi connectivity index (χ0) is 14.6. The maximum Gasteiger partial charge on any atom is 0.331 e. The van der Waals surface area contributed by atoms with Gasteiger partial charge in [-0.1, -0.05) is 6.08 Å². The first-order valence-corrected chi connectivity index (χ1v) is 6.34. The van der Waals surface area contributed by atoms with Crippen LogP contribution in [0.5, 0.6) is 0 Å². The van der Waals surface area contributed by atoms with Gasteiger partial charge in [0.25, 0.3) is 0 Å². The molecule has 19 heavy (non-hydrogen) atoms. The summed E-state index contributed by atoms with van der Waals surface area (Å²) < 4.78 is 5.71. The summed E-state index contributed by atoms with van der Waals surface area (Å²) in [5, 5.41) is 12.0. The summed E-state index contributed by atoms with van der Waals surface area (Å²) in [5.41, 5.74) is 0.303.